The number of amidine groups is 1. The van der Waals surface area contributed by atoms with E-state index in [1.165, 1.54) is 7.11 Å². The van der Waals surface area contributed by atoms with Crippen molar-refractivity contribution >= 4 is 17.6 Å². The van der Waals surface area contributed by atoms with Crippen molar-refractivity contribution in [3.63, 3.8) is 0 Å². The zero-order chi connectivity index (χ0) is 30.6. The number of ether oxygens (including phenoxy) is 3. The minimum atomic E-state index is -0.418. The first-order valence-electron chi connectivity index (χ1n) is 14.0. The summed E-state index contributed by atoms with van der Waals surface area (Å²) in [5.41, 5.74) is 5.01. The number of hydrogen-bond acceptors (Lipinski definition) is 7. The Morgan fingerprint density at radius 2 is 1.45 bits per heavy atom. The Morgan fingerprint density at radius 3 is 2.05 bits per heavy atom. The van der Waals surface area contributed by atoms with E-state index in [0.29, 0.717) is 41.3 Å². The molecule has 2 aliphatic heterocycles. The number of ketones is 1. The summed E-state index contributed by atoms with van der Waals surface area (Å²) in [6.45, 7) is 13.1. The molecule has 220 valence electrons. The lowest BCUT2D eigenvalue weighted by atomic mass is 9.78. The number of Topliss-reactive ketones (excluding diaryl/α,β-unsaturated/α-hetero) is 1. The number of hydrogen-bond donors (Lipinski definition) is 2. The van der Waals surface area contributed by atoms with Gasteiger partial charge in [-0.2, -0.15) is 0 Å². The number of phenolic OH excluding ortho intramolecular Hbond substituents is 1. The van der Waals surface area contributed by atoms with Crippen LogP contribution in [-0.4, -0.2) is 41.2 Å². The molecule has 0 aliphatic carbocycles. The zero-order valence-corrected chi connectivity index (χ0v) is 25.3. The molecule has 0 spiro atoms. The van der Waals surface area contributed by atoms with Crippen LogP contribution in [0.3, 0.4) is 0 Å². The van der Waals surface area contributed by atoms with Crippen molar-refractivity contribution in [1.82, 2.24) is 4.90 Å². The number of esters is 1. The molecular formula is C34H38N2O6. The van der Waals surface area contributed by atoms with Gasteiger partial charge in [-0.1, -0.05) is 47.6 Å². The summed E-state index contributed by atoms with van der Waals surface area (Å²) in [6, 6.07) is 12.5. The summed E-state index contributed by atoms with van der Waals surface area (Å²) in [7, 11) is 1.35. The summed E-state index contributed by atoms with van der Waals surface area (Å²) in [4.78, 5) is 27.4. The maximum Gasteiger partial charge on any atom is 0.337 e. The summed E-state index contributed by atoms with van der Waals surface area (Å²) >= 11 is 0. The SMILES string of the molecule is COC(=O)c1ccc2c(c1)COc1cc3c(cc1OC2)CN(CC(=O)c1cc(C(C)(C)C)c(O)c(C(C)(C)C)c1)C3=N. The van der Waals surface area contributed by atoms with Crippen molar-refractivity contribution in [3.8, 4) is 17.2 Å². The highest BCUT2D eigenvalue weighted by atomic mass is 16.5. The van der Waals surface area contributed by atoms with Gasteiger partial charge in [-0.05, 0) is 63.9 Å². The molecule has 5 rings (SSSR count). The fourth-order valence-electron chi connectivity index (χ4n) is 5.43. The summed E-state index contributed by atoms with van der Waals surface area (Å²) < 4.78 is 17.0. The summed E-state index contributed by atoms with van der Waals surface area (Å²) in [6.07, 6.45) is 0. The molecule has 0 atom stereocenters. The molecule has 0 bridgehead atoms. The van der Waals surface area contributed by atoms with Crippen molar-refractivity contribution < 1.29 is 28.9 Å². The van der Waals surface area contributed by atoms with E-state index in [1.54, 1.807) is 35.2 Å². The second-order valence-electron chi connectivity index (χ2n) is 13.1. The zero-order valence-electron chi connectivity index (χ0n) is 25.3. The number of fused-ring (bicyclic) bond motifs is 3. The molecule has 0 fully saturated rings. The van der Waals surface area contributed by atoms with Gasteiger partial charge in [0.25, 0.3) is 0 Å². The number of carbonyl (C=O) groups excluding carboxylic acids is 2. The van der Waals surface area contributed by atoms with E-state index in [0.717, 1.165) is 27.8 Å². The fraction of sp³-hybridized carbons (Fsp3) is 0.382. The van der Waals surface area contributed by atoms with Gasteiger partial charge < -0.3 is 24.2 Å². The standard InChI is InChI=1S/C34H38N2O6/c1-33(2,3)25-11-21(12-26(30(25)38)34(4,5)6)27(37)16-36-15-22-13-28-29(14-24(22)31(36)35)42-18-23-10-19(32(39)40-7)8-9-20(23)17-41-28/h8-14,35,38H,15-18H2,1-7H3. The minimum Gasteiger partial charge on any atom is -0.507 e. The minimum absolute atomic E-state index is 0.0274. The normalized spacial score (nSPS) is 14.5. The number of aromatic hydroxyl groups is 1. The van der Waals surface area contributed by atoms with Crippen LogP contribution in [0.15, 0.2) is 42.5 Å². The van der Waals surface area contributed by atoms with Crippen LogP contribution in [0.25, 0.3) is 0 Å². The lowest BCUT2D eigenvalue weighted by Gasteiger charge is -2.28. The number of methoxy groups -OCH3 is 1. The molecule has 3 aromatic carbocycles. The largest absolute Gasteiger partial charge is 0.507 e. The van der Waals surface area contributed by atoms with Gasteiger partial charge in [-0.25, -0.2) is 4.79 Å². The van der Waals surface area contributed by atoms with Crippen molar-refractivity contribution in [3.05, 3.63) is 87.0 Å². The average Bonchev–Trinajstić information content (AvgIpc) is 3.21. The molecule has 0 amide bonds. The van der Waals surface area contributed by atoms with E-state index in [2.05, 4.69) is 0 Å². The predicted octanol–water partition coefficient (Wildman–Crippen LogP) is 6.27. The first-order valence-corrected chi connectivity index (χ1v) is 14.0. The second kappa shape index (κ2) is 10.5. The van der Waals surface area contributed by atoms with Crippen LogP contribution in [0, 0.1) is 5.41 Å². The van der Waals surface area contributed by atoms with E-state index in [9.17, 15) is 14.7 Å². The molecule has 0 unspecified atom stereocenters. The van der Waals surface area contributed by atoms with Crippen LogP contribution in [0.2, 0.25) is 0 Å². The number of rotatable bonds is 4. The summed E-state index contributed by atoms with van der Waals surface area (Å²) in [5, 5.41) is 19.9. The number of phenols is 1. The Hall–Kier alpha value is -4.33. The topological polar surface area (TPSA) is 109 Å². The molecular weight excluding hydrogens is 532 g/mol. The third-order valence-corrected chi connectivity index (χ3v) is 7.88. The molecule has 2 heterocycles. The number of benzene rings is 3. The highest BCUT2D eigenvalue weighted by Gasteiger charge is 2.31. The molecule has 0 radical (unpaired) electrons. The molecule has 42 heavy (non-hydrogen) atoms. The van der Waals surface area contributed by atoms with Crippen LogP contribution in [-0.2, 0) is 35.3 Å². The van der Waals surface area contributed by atoms with E-state index in [1.807, 2.05) is 53.7 Å². The molecule has 3 aromatic rings. The molecule has 0 aromatic heterocycles. The Labute approximate surface area is 246 Å². The highest BCUT2D eigenvalue weighted by Crippen LogP contribution is 2.41. The van der Waals surface area contributed by atoms with Crippen molar-refractivity contribution in [2.75, 3.05) is 13.7 Å². The molecule has 8 nitrogen and oxygen atoms in total. The van der Waals surface area contributed by atoms with Crippen LogP contribution in [0.5, 0.6) is 17.2 Å². The van der Waals surface area contributed by atoms with E-state index in [4.69, 9.17) is 19.6 Å². The van der Waals surface area contributed by atoms with Gasteiger partial charge in [0.15, 0.2) is 17.3 Å². The van der Waals surface area contributed by atoms with Gasteiger partial charge in [-0.3, -0.25) is 10.2 Å². The summed E-state index contributed by atoms with van der Waals surface area (Å²) in [5.74, 6) is 1.01. The van der Waals surface area contributed by atoms with Gasteiger partial charge in [0.2, 0.25) is 0 Å². The Morgan fingerprint density at radius 1 is 0.857 bits per heavy atom. The number of nitrogens with one attached hydrogen (secondary N) is 1. The average molecular weight is 571 g/mol. The highest BCUT2D eigenvalue weighted by molar-refractivity contribution is 6.05. The van der Waals surface area contributed by atoms with Crippen LogP contribution < -0.4 is 9.47 Å². The van der Waals surface area contributed by atoms with Gasteiger partial charge in [0, 0.05) is 28.8 Å². The molecule has 0 saturated heterocycles. The van der Waals surface area contributed by atoms with Gasteiger partial charge in [0.1, 0.15) is 24.8 Å². The quantitative estimate of drug-likeness (QED) is 0.281. The fourth-order valence-corrected chi connectivity index (χ4v) is 5.43. The van der Waals surface area contributed by atoms with E-state index >= 15 is 0 Å². The van der Waals surface area contributed by atoms with Crippen molar-refractivity contribution in [2.24, 2.45) is 0 Å². The maximum atomic E-state index is 13.6. The third-order valence-electron chi connectivity index (χ3n) is 7.88. The molecule has 2 N–H and O–H groups in total. The maximum absolute atomic E-state index is 13.6. The predicted molar refractivity (Wildman–Crippen MR) is 160 cm³/mol. The number of carbonyl (C=O) groups is 2. The molecule has 2 aliphatic rings. The smallest absolute Gasteiger partial charge is 0.337 e. The number of nitrogens with zero attached hydrogens (tertiary/aromatic N) is 1. The lowest BCUT2D eigenvalue weighted by Crippen LogP contribution is -2.30. The van der Waals surface area contributed by atoms with Gasteiger partial charge in [0.05, 0.1) is 19.2 Å². The monoisotopic (exact) mass is 570 g/mol. The van der Waals surface area contributed by atoms with Crippen molar-refractivity contribution in [1.29, 1.82) is 5.41 Å². The Bertz CT molecular complexity index is 1570. The third kappa shape index (κ3) is 5.45. The lowest BCUT2D eigenvalue weighted by molar-refractivity contribution is 0.0600. The Balaban J connectivity index is 1.38. The van der Waals surface area contributed by atoms with Gasteiger partial charge in [-0.15, -0.1) is 0 Å². The first-order chi connectivity index (χ1) is 19.7. The second-order valence-corrected chi connectivity index (χ2v) is 13.1. The van der Waals surface area contributed by atoms with Gasteiger partial charge >= 0.3 is 5.97 Å². The van der Waals surface area contributed by atoms with E-state index in [-0.39, 0.29) is 41.3 Å². The molecule has 8 heteroatoms. The molecule has 0 saturated carbocycles. The Kier molecular flexibility index (Phi) is 7.29. The van der Waals surface area contributed by atoms with Crippen molar-refractivity contribution in [2.45, 2.75) is 72.1 Å². The van der Waals surface area contributed by atoms with Crippen LogP contribution in [0.1, 0.15) is 95.6 Å². The van der Waals surface area contributed by atoms with Crippen LogP contribution in [0.4, 0.5) is 0 Å². The first kappa shape index (κ1) is 29.2. The van der Waals surface area contributed by atoms with E-state index < -0.39 is 5.97 Å². The van der Waals surface area contributed by atoms with Crippen LogP contribution >= 0.6 is 0 Å².